The molecule has 0 aliphatic heterocycles. The number of hydrogen-bond acceptors (Lipinski definition) is 2. The lowest BCUT2D eigenvalue weighted by molar-refractivity contribution is -0.137. The highest BCUT2D eigenvalue weighted by Crippen LogP contribution is 2.30. The summed E-state index contributed by atoms with van der Waals surface area (Å²) in [5.41, 5.74) is 0.218. The van der Waals surface area contributed by atoms with Gasteiger partial charge in [0.15, 0.2) is 6.10 Å². The van der Waals surface area contributed by atoms with Gasteiger partial charge in [-0.15, -0.1) is 0 Å². The van der Waals surface area contributed by atoms with Gasteiger partial charge < -0.3 is 10.1 Å². The molecule has 0 bridgehead atoms. The molecule has 1 N–H and O–H groups in total. The predicted octanol–water partition coefficient (Wildman–Crippen LogP) is 4.67. The van der Waals surface area contributed by atoms with Gasteiger partial charge in [-0.3, -0.25) is 4.79 Å². The number of alkyl halides is 3. The first-order valence-corrected chi connectivity index (χ1v) is 7.54. The van der Waals surface area contributed by atoms with Gasteiger partial charge in [0.25, 0.3) is 5.91 Å². The lowest BCUT2D eigenvalue weighted by Crippen LogP contribution is -2.30. The van der Waals surface area contributed by atoms with Crippen molar-refractivity contribution < 1.29 is 22.7 Å². The largest absolute Gasteiger partial charge is 0.481 e. The number of para-hydroxylation sites is 1. The van der Waals surface area contributed by atoms with Crippen LogP contribution in [0.25, 0.3) is 0 Å². The molecule has 0 saturated carbocycles. The number of hydrogen-bond donors (Lipinski definition) is 1. The minimum atomic E-state index is -4.46. The summed E-state index contributed by atoms with van der Waals surface area (Å²) in [5, 5.41) is 2.45. The van der Waals surface area contributed by atoms with Gasteiger partial charge >= 0.3 is 6.18 Å². The smallest absolute Gasteiger partial charge is 0.416 e. The van der Waals surface area contributed by atoms with Crippen LogP contribution in [0.1, 0.15) is 25.0 Å². The Kier molecular flexibility index (Phi) is 5.49. The van der Waals surface area contributed by atoms with Crippen LogP contribution < -0.4 is 10.1 Å². The van der Waals surface area contributed by atoms with Crippen LogP contribution in [0.5, 0.6) is 5.75 Å². The highest BCUT2D eigenvalue weighted by molar-refractivity contribution is 5.94. The third-order valence-electron chi connectivity index (χ3n) is 3.48. The predicted molar refractivity (Wildman–Crippen MR) is 86.0 cm³/mol. The van der Waals surface area contributed by atoms with Crippen LogP contribution in [0.3, 0.4) is 0 Å². The fourth-order valence-corrected chi connectivity index (χ4v) is 2.17. The summed E-state index contributed by atoms with van der Waals surface area (Å²) in [4.78, 5) is 12.2. The van der Waals surface area contributed by atoms with Crippen molar-refractivity contribution in [1.82, 2.24) is 0 Å². The van der Waals surface area contributed by atoms with E-state index in [4.69, 9.17) is 4.74 Å². The number of carbonyl (C=O) groups excluding carboxylic acids is 1. The molecule has 2 aromatic rings. The van der Waals surface area contributed by atoms with Crippen LogP contribution in [0.2, 0.25) is 0 Å². The van der Waals surface area contributed by atoms with Crippen LogP contribution in [-0.2, 0) is 17.4 Å². The molecule has 2 rings (SSSR count). The molecule has 0 heterocycles. The Hall–Kier alpha value is -2.50. The van der Waals surface area contributed by atoms with Crippen molar-refractivity contribution in [2.45, 2.75) is 32.5 Å². The third kappa shape index (κ3) is 4.50. The SMILES string of the molecule is CCc1ccccc1O[C@H](C)C(=O)Nc1cccc(C(F)(F)F)c1. The maximum absolute atomic E-state index is 12.7. The maximum Gasteiger partial charge on any atom is 0.416 e. The summed E-state index contributed by atoms with van der Waals surface area (Å²) in [5.74, 6) is 0.0759. The molecule has 2 aromatic carbocycles. The number of benzene rings is 2. The number of ether oxygens (including phenoxy) is 1. The second-order valence-electron chi connectivity index (χ2n) is 5.29. The number of anilines is 1. The lowest BCUT2D eigenvalue weighted by atomic mass is 10.1. The summed E-state index contributed by atoms with van der Waals surface area (Å²) in [6.45, 7) is 3.52. The van der Waals surface area contributed by atoms with E-state index in [-0.39, 0.29) is 5.69 Å². The van der Waals surface area contributed by atoms with Crippen molar-refractivity contribution in [3.63, 3.8) is 0 Å². The third-order valence-corrected chi connectivity index (χ3v) is 3.48. The first-order valence-electron chi connectivity index (χ1n) is 7.54. The number of carbonyl (C=O) groups is 1. The number of halogens is 3. The molecule has 0 aliphatic carbocycles. The van der Waals surface area contributed by atoms with E-state index >= 15 is 0 Å². The van der Waals surface area contributed by atoms with Gasteiger partial charge in [-0.25, -0.2) is 0 Å². The molecule has 0 radical (unpaired) electrons. The Bertz CT molecular complexity index is 713. The Balaban J connectivity index is 2.07. The Morgan fingerprint density at radius 2 is 1.88 bits per heavy atom. The molecule has 0 fully saturated rings. The molecule has 1 amide bonds. The van der Waals surface area contributed by atoms with Gasteiger partial charge in [0.2, 0.25) is 0 Å². The maximum atomic E-state index is 12.7. The molecule has 0 saturated heterocycles. The number of rotatable bonds is 5. The quantitative estimate of drug-likeness (QED) is 0.861. The van der Waals surface area contributed by atoms with Crippen LogP contribution in [0.4, 0.5) is 18.9 Å². The van der Waals surface area contributed by atoms with Crippen molar-refractivity contribution >= 4 is 11.6 Å². The molecule has 6 heteroatoms. The topological polar surface area (TPSA) is 38.3 Å². The highest BCUT2D eigenvalue weighted by Gasteiger charge is 2.30. The van der Waals surface area contributed by atoms with Gasteiger partial charge in [-0.05, 0) is 43.2 Å². The molecular weight excluding hydrogens is 319 g/mol. The summed E-state index contributed by atoms with van der Waals surface area (Å²) in [7, 11) is 0. The molecule has 128 valence electrons. The zero-order valence-corrected chi connectivity index (χ0v) is 13.4. The minimum absolute atomic E-state index is 0.0778. The average molecular weight is 337 g/mol. The van der Waals surface area contributed by atoms with Gasteiger partial charge in [-0.1, -0.05) is 31.2 Å². The van der Waals surface area contributed by atoms with E-state index in [9.17, 15) is 18.0 Å². The molecule has 0 unspecified atom stereocenters. The van der Waals surface area contributed by atoms with E-state index in [1.165, 1.54) is 12.1 Å². The highest BCUT2D eigenvalue weighted by atomic mass is 19.4. The Morgan fingerprint density at radius 3 is 2.54 bits per heavy atom. The van der Waals surface area contributed by atoms with Crippen molar-refractivity contribution in [1.29, 1.82) is 0 Å². The molecule has 24 heavy (non-hydrogen) atoms. The van der Waals surface area contributed by atoms with Crippen LogP contribution in [-0.4, -0.2) is 12.0 Å². The first kappa shape index (κ1) is 17.8. The summed E-state index contributed by atoms with van der Waals surface area (Å²) < 4.78 is 43.7. The zero-order chi connectivity index (χ0) is 17.7. The average Bonchev–Trinajstić information content (AvgIpc) is 2.54. The monoisotopic (exact) mass is 337 g/mol. The van der Waals surface area contributed by atoms with Gasteiger partial charge in [-0.2, -0.15) is 13.2 Å². The molecule has 0 aromatic heterocycles. The molecule has 3 nitrogen and oxygen atoms in total. The zero-order valence-electron chi connectivity index (χ0n) is 13.4. The lowest BCUT2D eigenvalue weighted by Gasteiger charge is -2.17. The molecule has 0 spiro atoms. The van der Waals surface area contributed by atoms with E-state index in [1.54, 1.807) is 19.1 Å². The summed E-state index contributed by atoms with van der Waals surface area (Å²) in [6, 6.07) is 11.8. The number of aryl methyl sites for hydroxylation is 1. The second-order valence-corrected chi connectivity index (χ2v) is 5.29. The molecular formula is C18H18F3NO2. The van der Waals surface area contributed by atoms with Crippen molar-refractivity contribution in [2.24, 2.45) is 0 Å². The number of nitrogens with one attached hydrogen (secondary N) is 1. The van der Waals surface area contributed by atoms with E-state index in [2.05, 4.69) is 5.32 Å². The van der Waals surface area contributed by atoms with E-state index in [0.717, 1.165) is 24.1 Å². The van der Waals surface area contributed by atoms with Crippen molar-refractivity contribution in [3.8, 4) is 5.75 Å². The number of amides is 1. The fraction of sp³-hybridized carbons (Fsp3) is 0.278. The van der Waals surface area contributed by atoms with E-state index < -0.39 is 23.8 Å². The van der Waals surface area contributed by atoms with Crippen molar-refractivity contribution in [2.75, 3.05) is 5.32 Å². The van der Waals surface area contributed by atoms with E-state index in [1.807, 2.05) is 19.1 Å². The first-order chi connectivity index (χ1) is 11.3. The van der Waals surface area contributed by atoms with Crippen LogP contribution in [0, 0.1) is 0 Å². The summed E-state index contributed by atoms with van der Waals surface area (Å²) in [6.07, 6.45) is -4.55. The van der Waals surface area contributed by atoms with Gasteiger partial charge in [0.1, 0.15) is 5.75 Å². The molecule has 0 aliphatic rings. The standard InChI is InChI=1S/C18H18F3NO2/c1-3-13-7-4-5-10-16(13)24-12(2)17(23)22-15-9-6-8-14(11-15)18(19,20)21/h4-12H,3H2,1-2H3,(H,22,23)/t12-/m1/s1. The Morgan fingerprint density at radius 1 is 1.17 bits per heavy atom. The van der Waals surface area contributed by atoms with Crippen LogP contribution in [0.15, 0.2) is 48.5 Å². The van der Waals surface area contributed by atoms with Gasteiger partial charge in [0, 0.05) is 5.69 Å². The van der Waals surface area contributed by atoms with Gasteiger partial charge in [0.05, 0.1) is 5.56 Å². The summed E-state index contributed by atoms with van der Waals surface area (Å²) >= 11 is 0. The van der Waals surface area contributed by atoms with E-state index in [0.29, 0.717) is 5.75 Å². The second kappa shape index (κ2) is 7.38. The molecule has 1 atom stereocenters. The fourth-order valence-electron chi connectivity index (χ4n) is 2.17. The van der Waals surface area contributed by atoms with Crippen LogP contribution >= 0.6 is 0 Å². The Labute approximate surface area is 138 Å². The normalized spacial score (nSPS) is 12.5. The van der Waals surface area contributed by atoms with Crippen molar-refractivity contribution in [3.05, 3.63) is 59.7 Å². The minimum Gasteiger partial charge on any atom is -0.481 e.